The van der Waals surface area contributed by atoms with Gasteiger partial charge in [-0.25, -0.2) is 0 Å². The molecule has 0 radical (unpaired) electrons. The van der Waals surface area contributed by atoms with Gasteiger partial charge < -0.3 is 24.2 Å². The first kappa shape index (κ1) is 30.3. The fourth-order valence-corrected chi connectivity index (χ4v) is 3.82. The number of esters is 1. The molecule has 0 saturated heterocycles. The highest BCUT2D eigenvalue weighted by Crippen LogP contribution is 2.14. The van der Waals surface area contributed by atoms with Crippen molar-refractivity contribution in [1.29, 1.82) is 0 Å². The average molecular weight is 526 g/mol. The van der Waals surface area contributed by atoms with Gasteiger partial charge in [-0.1, -0.05) is 42.5 Å². The van der Waals surface area contributed by atoms with Crippen molar-refractivity contribution in [2.45, 2.75) is 46.2 Å². The van der Waals surface area contributed by atoms with Gasteiger partial charge in [0.1, 0.15) is 5.75 Å². The highest BCUT2D eigenvalue weighted by atomic mass is 16.5. The van der Waals surface area contributed by atoms with E-state index in [4.69, 9.17) is 9.47 Å². The maximum Gasteiger partial charge on any atom is 0.307 e. The van der Waals surface area contributed by atoms with E-state index >= 15 is 0 Å². The lowest BCUT2D eigenvalue weighted by Crippen LogP contribution is -2.38. The number of carbonyl (C=O) groups is 4. The van der Waals surface area contributed by atoms with Crippen LogP contribution >= 0.6 is 0 Å². The van der Waals surface area contributed by atoms with Gasteiger partial charge in [-0.15, -0.1) is 0 Å². The van der Waals surface area contributed by atoms with Crippen LogP contribution in [0.5, 0.6) is 5.75 Å². The molecule has 0 fully saturated rings. The molecule has 2 rings (SSSR count). The van der Waals surface area contributed by atoms with Crippen molar-refractivity contribution in [3.05, 3.63) is 65.7 Å². The van der Waals surface area contributed by atoms with E-state index in [1.54, 1.807) is 30.9 Å². The average Bonchev–Trinajstić information content (AvgIpc) is 2.92. The van der Waals surface area contributed by atoms with Crippen molar-refractivity contribution < 1.29 is 28.7 Å². The predicted octanol–water partition coefficient (Wildman–Crippen LogP) is 3.26. The molecule has 0 aliphatic heterocycles. The number of amides is 3. The van der Waals surface area contributed by atoms with Gasteiger partial charge in [0.05, 0.1) is 20.1 Å². The lowest BCUT2D eigenvalue weighted by Gasteiger charge is -2.26. The Kier molecular flexibility index (Phi) is 12.8. The zero-order valence-electron chi connectivity index (χ0n) is 22.9. The van der Waals surface area contributed by atoms with Crippen LogP contribution in [-0.4, -0.2) is 78.8 Å². The zero-order valence-corrected chi connectivity index (χ0v) is 22.9. The quantitative estimate of drug-likeness (QED) is 0.331. The number of rotatable bonds is 15. The Morgan fingerprint density at radius 1 is 0.737 bits per heavy atom. The molecule has 2 aromatic carbocycles. The van der Waals surface area contributed by atoms with Crippen LogP contribution in [-0.2, 0) is 37.0 Å². The second-order valence-electron chi connectivity index (χ2n) is 8.96. The molecule has 38 heavy (non-hydrogen) atoms. The number of hydrogen-bond donors (Lipinski definition) is 0. The summed E-state index contributed by atoms with van der Waals surface area (Å²) in [7, 11) is 3.23. The van der Waals surface area contributed by atoms with E-state index in [0.717, 1.165) is 16.9 Å². The lowest BCUT2D eigenvalue weighted by atomic mass is 10.1. The minimum Gasteiger partial charge on any atom is -0.497 e. The summed E-state index contributed by atoms with van der Waals surface area (Å²) in [6.07, 6.45) is 0.382. The Balaban J connectivity index is 1.99. The maximum atomic E-state index is 13.3. The topological polar surface area (TPSA) is 96.5 Å². The first-order chi connectivity index (χ1) is 18.2. The number of methoxy groups -OCH3 is 1. The first-order valence-corrected chi connectivity index (χ1v) is 12.8. The molecule has 0 aliphatic rings. The smallest absolute Gasteiger partial charge is 0.307 e. The third-order valence-corrected chi connectivity index (χ3v) is 6.12. The molecule has 0 heterocycles. The van der Waals surface area contributed by atoms with Gasteiger partial charge in [0.25, 0.3) is 0 Å². The molecule has 0 N–H and O–H groups in total. The van der Waals surface area contributed by atoms with Crippen LogP contribution in [0, 0.1) is 0 Å². The highest BCUT2D eigenvalue weighted by Gasteiger charge is 2.20. The van der Waals surface area contributed by atoms with Gasteiger partial charge in [-0.3, -0.25) is 19.2 Å². The first-order valence-electron chi connectivity index (χ1n) is 12.8. The van der Waals surface area contributed by atoms with Gasteiger partial charge in [-0.2, -0.15) is 0 Å². The number of hydrogen-bond acceptors (Lipinski definition) is 6. The van der Waals surface area contributed by atoms with Crippen molar-refractivity contribution in [2.75, 3.05) is 40.4 Å². The molecule has 2 aromatic rings. The third kappa shape index (κ3) is 10.6. The molecule has 206 valence electrons. The Labute approximate surface area is 225 Å². The molecule has 0 bridgehead atoms. The van der Waals surface area contributed by atoms with E-state index in [1.165, 1.54) is 11.8 Å². The zero-order chi connectivity index (χ0) is 27.9. The second kappa shape index (κ2) is 16.1. The van der Waals surface area contributed by atoms with Crippen LogP contribution in [0.1, 0.15) is 44.2 Å². The number of nitrogens with zero attached hydrogens (tertiary/aromatic N) is 3. The predicted molar refractivity (Wildman–Crippen MR) is 144 cm³/mol. The van der Waals surface area contributed by atoms with Crippen molar-refractivity contribution in [3.8, 4) is 5.75 Å². The molecule has 9 heteroatoms. The third-order valence-electron chi connectivity index (χ3n) is 6.12. The molecule has 3 amide bonds. The van der Waals surface area contributed by atoms with E-state index in [0.29, 0.717) is 19.7 Å². The largest absolute Gasteiger partial charge is 0.497 e. The number of benzene rings is 2. The van der Waals surface area contributed by atoms with Crippen LogP contribution in [0.2, 0.25) is 0 Å². The minimum atomic E-state index is -0.349. The summed E-state index contributed by atoms with van der Waals surface area (Å²) < 4.78 is 10.1. The summed E-state index contributed by atoms with van der Waals surface area (Å²) in [6.45, 7) is 5.01. The van der Waals surface area contributed by atoms with Crippen molar-refractivity contribution in [3.63, 3.8) is 0 Å². The summed E-state index contributed by atoms with van der Waals surface area (Å²) in [4.78, 5) is 54.6. The lowest BCUT2D eigenvalue weighted by molar-refractivity contribution is -0.144. The summed E-state index contributed by atoms with van der Waals surface area (Å²) in [5, 5.41) is 0. The van der Waals surface area contributed by atoms with Crippen LogP contribution in [0.25, 0.3) is 0 Å². The van der Waals surface area contributed by atoms with Crippen molar-refractivity contribution >= 4 is 23.7 Å². The van der Waals surface area contributed by atoms with Crippen LogP contribution in [0.15, 0.2) is 54.6 Å². The van der Waals surface area contributed by atoms with E-state index in [1.807, 2.05) is 54.6 Å². The van der Waals surface area contributed by atoms with Gasteiger partial charge in [0.2, 0.25) is 17.7 Å². The standard InChI is InChI=1S/C29H39N3O6/c1-5-38-29(36)17-18-30(3)27(34)15-20-32(22-24-9-7-6-8-10-24)28(35)16-19-31(23(2)33)21-25-11-13-26(37-4)14-12-25/h6-14H,5,15-22H2,1-4H3. The second-order valence-corrected chi connectivity index (χ2v) is 8.96. The molecule has 0 spiro atoms. The molecule has 0 atom stereocenters. The highest BCUT2D eigenvalue weighted by molar-refractivity contribution is 5.80. The van der Waals surface area contributed by atoms with Gasteiger partial charge in [0, 0.05) is 59.5 Å². The van der Waals surface area contributed by atoms with Crippen LogP contribution < -0.4 is 4.74 Å². The Morgan fingerprint density at radius 3 is 1.92 bits per heavy atom. The minimum absolute atomic E-state index is 0.123. The monoisotopic (exact) mass is 525 g/mol. The Morgan fingerprint density at radius 2 is 1.32 bits per heavy atom. The molecular formula is C29H39N3O6. The van der Waals surface area contributed by atoms with E-state index in [-0.39, 0.29) is 62.6 Å². The molecule has 0 aliphatic carbocycles. The van der Waals surface area contributed by atoms with E-state index in [9.17, 15) is 19.2 Å². The van der Waals surface area contributed by atoms with Crippen LogP contribution in [0.3, 0.4) is 0 Å². The summed E-state index contributed by atoms with van der Waals surface area (Å²) in [5.41, 5.74) is 1.89. The van der Waals surface area contributed by atoms with Gasteiger partial charge in [0.15, 0.2) is 0 Å². The molecule has 9 nitrogen and oxygen atoms in total. The SMILES string of the molecule is CCOC(=O)CCN(C)C(=O)CCN(Cc1ccccc1)C(=O)CCN(Cc1ccc(OC)cc1)C(C)=O. The Hall–Kier alpha value is -3.88. The van der Waals surface area contributed by atoms with Crippen molar-refractivity contribution in [2.24, 2.45) is 0 Å². The molecular weight excluding hydrogens is 486 g/mol. The van der Waals surface area contributed by atoms with Crippen LogP contribution in [0.4, 0.5) is 0 Å². The normalized spacial score (nSPS) is 10.4. The van der Waals surface area contributed by atoms with E-state index < -0.39 is 0 Å². The summed E-state index contributed by atoms with van der Waals surface area (Å²) in [5.74, 6) is -0.0443. The number of carbonyl (C=O) groups excluding carboxylic acids is 4. The molecule has 0 aromatic heterocycles. The fraction of sp³-hybridized carbons (Fsp3) is 0.448. The summed E-state index contributed by atoms with van der Waals surface area (Å²) >= 11 is 0. The summed E-state index contributed by atoms with van der Waals surface area (Å²) in [6, 6.07) is 17.0. The van der Waals surface area contributed by atoms with Gasteiger partial charge in [-0.05, 0) is 30.2 Å². The maximum absolute atomic E-state index is 13.3. The fourth-order valence-electron chi connectivity index (χ4n) is 3.82. The molecule has 0 unspecified atom stereocenters. The van der Waals surface area contributed by atoms with E-state index in [2.05, 4.69) is 0 Å². The van der Waals surface area contributed by atoms with Gasteiger partial charge >= 0.3 is 5.97 Å². The number of ether oxygens (including phenoxy) is 2. The Bertz CT molecular complexity index is 1040. The molecule has 0 saturated carbocycles. The van der Waals surface area contributed by atoms with Crippen molar-refractivity contribution in [1.82, 2.24) is 14.7 Å².